The van der Waals surface area contributed by atoms with Crippen LogP contribution in [0.3, 0.4) is 0 Å². The van der Waals surface area contributed by atoms with Crippen LogP contribution in [0.1, 0.15) is 85.0 Å². The minimum atomic E-state index is -0.736. The van der Waals surface area contributed by atoms with Crippen LogP contribution in [0.2, 0.25) is 0 Å². The number of furan rings is 1. The first-order chi connectivity index (χ1) is 21.7. The highest BCUT2D eigenvalue weighted by molar-refractivity contribution is 6.06. The lowest BCUT2D eigenvalue weighted by atomic mass is 9.69. The number of carbonyl (C=O) groups is 2. The molecule has 1 aliphatic carbocycles. The van der Waals surface area contributed by atoms with Crippen LogP contribution in [0.4, 0.5) is 0 Å². The fourth-order valence-electron chi connectivity index (χ4n) is 5.95. The molecule has 247 valence electrons. The van der Waals surface area contributed by atoms with Gasteiger partial charge >= 0.3 is 21.6 Å². The molecule has 2 atom stereocenters. The summed E-state index contributed by atoms with van der Waals surface area (Å²) in [5.41, 5.74) is 1.41. The number of unbranched alkanes of at least 4 members (excludes halogenated alkanes) is 3. The van der Waals surface area contributed by atoms with Crippen LogP contribution < -0.4 is 9.47 Å². The summed E-state index contributed by atoms with van der Waals surface area (Å²) in [6, 6.07) is 5.69. The lowest BCUT2D eigenvalue weighted by Gasteiger charge is -2.42. The van der Waals surface area contributed by atoms with Crippen molar-refractivity contribution < 1.29 is 41.8 Å². The second kappa shape index (κ2) is 19.2. The summed E-state index contributed by atoms with van der Waals surface area (Å²) >= 11 is 0. The van der Waals surface area contributed by atoms with Gasteiger partial charge in [-0.25, -0.2) is 9.59 Å². The number of esters is 2. The van der Waals surface area contributed by atoms with Gasteiger partial charge in [-0.1, -0.05) is 45.8 Å². The second-order valence-corrected chi connectivity index (χ2v) is 12.5. The number of ether oxygens (including phenoxy) is 4. The fourth-order valence-corrected chi connectivity index (χ4v) is 6.18. The van der Waals surface area contributed by atoms with Gasteiger partial charge in [-0.05, 0) is 82.3 Å². The van der Waals surface area contributed by atoms with Crippen LogP contribution in [0.15, 0.2) is 53.2 Å². The average molecular weight is 642 g/mol. The van der Waals surface area contributed by atoms with E-state index < -0.39 is 9.65 Å². The Kier molecular flexibility index (Phi) is 15.4. The van der Waals surface area contributed by atoms with E-state index in [1.165, 1.54) is 12.8 Å². The van der Waals surface area contributed by atoms with E-state index in [0.29, 0.717) is 60.2 Å². The molecule has 1 aromatic carbocycles. The molecular formula is C35H49O9Si. The Bertz CT molecular complexity index is 1230. The molecule has 1 aromatic heterocycles. The van der Waals surface area contributed by atoms with Gasteiger partial charge in [0, 0.05) is 17.2 Å². The van der Waals surface area contributed by atoms with E-state index in [1.54, 1.807) is 20.1 Å². The molecule has 0 N–H and O–H groups in total. The lowest BCUT2D eigenvalue weighted by molar-refractivity contribution is -0.139. The minimum absolute atomic E-state index is 0.129. The molecule has 1 heterocycles. The molecule has 2 unspecified atom stereocenters. The largest absolute Gasteiger partial charge is 0.594 e. The summed E-state index contributed by atoms with van der Waals surface area (Å²) in [6.07, 6.45) is 10.9. The van der Waals surface area contributed by atoms with Crippen LogP contribution >= 0.6 is 0 Å². The first-order valence-corrected chi connectivity index (χ1v) is 17.0. The van der Waals surface area contributed by atoms with Gasteiger partial charge in [-0.3, -0.25) is 0 Å². The maximum atomic E-state index is 12.1. The lowest BCUT2D eigenvalue weighted by Crippen LogP contribution is -2.42. The highest BCUT2D eigenvalue weighted by Gasteiger charge is 2.39. The van der Waals surface area contributed by atoms with Crippen molar-refractivity contribution in [2.45, 2.75) is 91.1 Å². The zero-order chi connectivity index (χ0) is 32.6. The number of benzene rings is 1. The van der Waals surface area contributed by atoms with Gasteiger partial charge in [0.2, 0.25) is 0 Å². The van der Waals surface area contributed by atoms with Crippen LogP contribution in [0.5, 0.6) is 11.5 Å². The smallest absolute Gasteiger partial charge is 0.520 e. The maximum Gasteiger partial charge on any atom is 0.594 e. The third kappa shape index (κ3) is 11.8. The second-order valence-electron chi connectivity index (χ2n) is 12.1. The Morgan fingerprint density at radius 2 is 1.53 bits per heavy atom. The van der Waals surface area contributed by atoms with Crippen molar-refractivity contribution in [3.05, 3.63) is 48.8 Å². The Morgan fingerprint density at radius 1 is 0.889 bits per heavy atom. The van der Waals surface area contributed by atoms with Crippen LogP contribution in [0.25, 0.3) is 11.0 Å². The van der Waals surface area contributed by atoms with E-state index in [2.05, 4.69) is 20.1 Å². The quantitative estimate of drug-likeness (QED) is 0.0590. The summed E-state index contributed by atoms with van der Waals surface area (Å²) in [4.78, 5) is 24.3. The van der Waals surface area contributed by atoms with Crippen molar-refractivity contribution in [2.75, 3.05) is 26.4 Å². The molecule has 45 heavy (non-hydrogen) atoms. The van der Waals surface area contributed by atoms with Gasteiger partial charge in [0.15, 0.2) is 5.75 Å². The van der Waals surface area contributed by atoms with E-state index >= 15 is 0 Å². The van der Waals surface area contributed by atoms with Crippen LogP contribution in [-0.4, -0.2) is 54.1 Å². The zero-order valence-electron chi connectivity index (χ0n) is 27.1. The predicted molar refractivity (Wildman–Crippen MR) is 172 cm³/mol. The van der Waals surface area contributed by atoms with Gasteiger partial charge in [0.1, 0.15) is 23.7 Å². The summed E-state index contributed by atoms with van der Waals surface area (Å²) < 4.78 is 44.9. The Morgan fingerprint density at radius 3 is 2.13 bits per heavy atom. The Hall–Kier alpha value is -3.40. The third-order valence-electron chi connectivity index (χ3n) is 8.30. The highest BCUT2D eigenvalue weighted by Crippen LogP contribution is 2.43. The fraction of sp³-hybridized carbons (Fsp3) is 0.600. The molecular weight excluding hydrogens is 592 g/mol. The first kappa shape index (κ1) is 36.1. The summed E-state index contributed by atoms with van der Waals surface area (Å²) in [5, 5.41) is 0.845. The van der Waals surface area contributed by atoms with Crippen LogP contribution in [-0.2, 0) is 28.0 Å². The number of carbonyl (C=O) groups excluding carboxylic acids is 2. The molecule has 3 rings (SSSR count). The van der Waals surface area contributed by atoms with E-state index in [-0.39, 0.29) is 43.1 Å². The van der Waals surface area contributed by atoms with E-state index in [9.17, 15) is 14.1 Å². The summed E-state index contributed by atoms with van der Waals surface area (Å²) in [5.74, 6) is 1.33. The van der Waals surface area contributed by atoms with Crippen LogP contribution in [0, 0.1) is 17.8 Å². The Labute approximate surface area is 269 Å². The average Bonchev–Trinajstić information content (AvgIpc) is 3.41. The first-order valence-electron chi connectivity index (χ1n) is 16.2. The van der Waals surface area contributed by atoms with Crippen molar-refractivity contribution in [1.82, 2.24) is 0 Å². The van der Waals surface area contributed by atoms with E-state index in [1.807, 2.05) is 18.2 Å². The predicted octanol–water partition coefficient (Wildman–Crippen LogP) is 7.56. The molecule has 1 saturated carbocycles. The molecule has 0 aliphatic heterocycles. The monoisotopic (exact) mass is 641 g/mol. The molecule has 0 bridgehead atoms. The molecule has 0 saturated heterocycles. The molecule has 0 spiro atoms. The van der Waals surface area contributed by atoms with Crippen molar-refractivity contribution in [1.29, 1.82) is 0 Å². The van der Waals surface area contributed by atoms with Crippen molar-refractivity contribution >= 4 is 32.6 Å². The Balaban J connectivity index is 1.78. The van der Waals surface area contributed by atoms with E-state index in [4.69, 9.17) is 27.8 Å². The number of rotatable bonds is 21. The minimum Gasteiger partial charge on any atom is -0.520 e. The number of fused-ring (bicyclic) bond motifs is 1. The van der Waals surface area contributed by atoms with E-state index in [0.717, 1.165) is 43.9 Å². The normalized spacial score (nSPS) is 19.4. The molecule has 1 radical (unpaired) electrons. The van der Waals surface area contributed by atoms with Gasteiger partial charge in [0.05, 0.1) is 31.8 Å². The zero-order valence-corrected chi connectivity index (χ0v) is 28.1. The van der Waals surface area contributed by atoms with Gasteiger partial charge in [0.25, 0.3) is 0 Å². The van der Waals surface area contributed by atoms with Gasteiger partial charge in [-0.15, -0.1) is 0 Å². The van der Waals surface area contributed by atoms with Gasteiger partial charge in [-0.2, -0.15) is 0 Å². The molecule has 10 heteroatoms. The SMILES string of the molecule is C=C(C)C(=O)OCCC1CC(CCCCC)CC(CCOC(=O)C(=C)C)C1Oc1coc2cc(OCCCCO[Si]=O)ccc12. The standard InChI is InChI=1S/C35H49O9Si/c1-6-7-8-11-26-20-27(14-18-40-34(36)24(2)3)33(28(21-26)15-19-41-35(37)25(4)5)44-32-23-42-31-22-29(12-13-30(31)32)39-16-9-10-17-43-45-38/h12-13,22-23,26-28,33H,2,4,6-11,14-21H2,1,3,5H3. The van der Waals surface area contributed by atoms with Gasteiger partial charge < -0.3 is 32.3 Å². The summed E-state index contributed by atoms with van der Waals surface area (Å²) in [7, 11) is -0.736. The molecule has 1 fully saturated rings. The number of hydrogen-bond acceptors (Lipinski definition) is 9. The van der Waals surface area contributed by atoms with Crippen molar-refractivity contribution in [2.24, 2.45) is 17.8 Å². The molecule has 0 amide bonds. The van der Waals surface area contributed by atoms with Crippen molar-refractivity contribution in [3.63, 3.8) is 0 Å². The maximum absolute atomic E-state index is 12.1. The molecule has 2 aromatic rings. The third-order valence-corrected chi connectivity index (χ3v) is 8.62. The topological polar surface area (TPSA) is 110 Å². The molecule has 1 aliphatic rings. The molecule has 9 nitrogen and oxygen atoms in total. The summed E-state index contributed by atoms with van der Waals surface area (Å²) in [6.45, 7) is 14.4. The van der Waals surface area contributed by atoms with Crippen molar-refractivity contribution in [3.8, 4) is 11.5 Å². The highest BCUT2D eigenvalue weighted by atomic mass is 28.2. The number of hydrogen-bond donors (Lipinski definition) is 0.